The van der Waals surface area contributed by atoms with Gasteiger partial charge >= 0.3 is 18.2 Å². The number of hydrogen-bond donors (Lipinski definition) is 2. The van der Waals surface area contributed by atoms with Gasteiger partial charge in [0.2, 0.25) is 0 Å². The van der Waals surface area contributed by atoms with E-state index in [2.05, 4.69) is 10.6 Å². The first kappa shape index (κ1) is 21.1. The summed E-state index contributed by atoms with van der Waals surface area (Å²) in [4.78, 5) is 23.9. The van der Waals surface area contributed by atoms with E-state index in [1.807, 2.05) is 6.92 Å². The lowest BCUT2D eigenvalue weighted by atomic mass is 10.1. The molecule has 0 aliphatic carbocycles. The summed E-state index contributed by atoms with van der Waals surface area (Å²) in [7, 11) is 0. The predicted octanol–water partition coefficient (Wildman–Crippen LogP) is 4.60. The molecule has 25 heavy (non-hydrogen) atoms. The average molecular weight is 381 g/mol. The van der Waals surface area contributed by atoms with Crippen molar-refractivity contribution in [2.75, 3.05) is 11.9 Å². The smallest absolute Gasteiger partial charge is 0.418 e. The topological polar surface area (TPSA) is 67.4 Å². The Morgan fingerprint density at radius 3 is 2.52 bits per heavy atom. The lowest BCUT2D eigenvalue weighted by Gasteiger charge is -2.19. The molecule has 0 saturated heterocycles. The SMILES string of the molecule is CCCCC(NC(=O)Nc1ccc(Cl)cc1C(F)(F)F)C(=O)OCC. The van der Waals surface area contributed by atoms with E-state index in [0.717, 1.165) is 18.6 Å². The van der Waals surface area contributed by atoms with Crippen LogP contribution in [0.3, 0.4) is 0 Å². The number of rotatable bonds is 7. The summed E-state index contributed by atoms with van der Waals surface area (Å²) in [5, 5.41) is 4.36. The lowest BCUT2D eigenvalue weighted by molar-refractivity contribution is -0.145. The van der Waals surface area contributed by atoms with Crippen molar-refractivity contribution >= 4 is 29.3 Å². The van der Waals surface area contributed by atoms with E-state index in [-0.39, 0.29) is 11.6 Å². The number of benzene rings is 1. The second kappa shape index (κ2) is 9.50. The zero-order chi connectivity index (χ0) is 19.0. The van der Waals surface area contributed by atoms with E-state index in [1.54, 1.807) is 6.92 Å². The molecule has 1 aromatic carbocycles. The second-order valence-corrected chi connectivity index (χ2v) is 5.67. The van der Waals surface area contributed by atoms with E-state index < -0.39 is 35.5 Å². The molecule has 0 aromatic heterocycles. The Kier molecular flexibility index (Phi) is 8.02. The van der Waals surface area contributed by atoms with Crippen molar-refractivity contribution in [3.05, 3.63) is 28.8 Å². The van der Waals surface area contributed by atoms with E-state index in [9.17, 15) is 22.8 Å². The number of carbonyl (C=O) groups is 2. The van der Waals surface area contributed by atoms with Crippen LogP contribution < -0.4 is 10.6 Å². The minimum Gasteiger partial charge on any atom is -0.464 e. The van der Waals surface area contributed by atoms with Crippen molar-refractivity contribution in [1.29, 1.82) is 0 Å². The first-order chi connectivity index (χ1) is 11.7. The molecule has 5 nitrogen and oxygen atoms in total. The van der Waals surface area contributed by atoms with E-state index in [4.69, 9.17) is 16.3 Å². The highest BCUT2D eigenvalue weighted by molar-refractivity contribution is 6.30. The van der Waals surface area contributed by atoms with Crippen molar-refractivity contribution < 1.29 is 27.5 Å². The Morgan fingerprint density at radius 1 is 1.28 bits per heavy atom. The molecule has 0 aliphatic heterocycles. The minimum atomic E-state index is -4.68. The molecule has 1 unspecified atom stereocenters. The molecule has 0 heterocycles. The molecule has 9 heteroatoms. The van der Waals surface area contributed by atoms with Crippen molar-refractivity contribution in [3.8, 4) is 0 Å². The zero-order valence-corrected chi connectivity index (χ0v) is 14.6. The highest BCUT2D eigenvalue weighted by Gasteiger charge is 2.34. The molecule has 2 amide bonds. The van der Waals surface area contributed by atoms with E-state index in [1.165, 1.54) is 6.07 Å². The summed E-state index contributed by atoms with van der Waals surface area (Å²) in [6.07, 6.45) is -2.92. The third kappa shape index (κ3) is 6.81. The standard InChI is InChI=1S/C16H20ClF3N2O3/c1-3-5-6-13(14(23)25-4-2)22-15(24)21-12-8-7-10(17)9-11(12)16(18,19)20/h7-9,13H,3-6H2,1-2H3,(H2,21,22,24). The summed E-state index contributed by atoms with van der Waals surface area (Å²) < 4.78 is 44.0. The van der Waals surface area contributed by atoms with E-state index in [0.29, 0.717) is 12.8 Å². The highest BCUT2D eigenvalue weighted by atomic mass is 35.5. The first-order valence-electron chi connectivity index (χ1n) is 7.79. The molecular formula is C16H20ClF3N2O3. The number of urea groups is 1. The number of esters is 1. The molecule has 140 valence electrons. The van der Waals surface area contributed by atoms with Crippen LogP contribution in [-0.4, -0.2) is 24.6 Å². The zero-order valence-electron chi connectivity index (χ0n) is 13.9. The van der Waals surface area contributed by atoms with Crippen molar-refractivity contribution in [3.63, 3.8) is 0 Å². The predicted molar refractivity (Wildman–Crippen MR) is 88.6 cm³/mol. The fourth-order valence-corrected chi connectivity index (χ4v) is 2.25. The first-order valence-corrected chi connectivity index (χ1v) is 8.17. The molecule has 0 saturated carbocycles. The number of carbonyl (C=O) groups excluding carboxylic acids is 2. The van der Waals surface area contributed by atoms with Gasteiger partial charge in [0.15, 0.2) is 0 Å². The van der Waals surface area contributed by atoms with Gasteiger partial charge in [-0.15, -0.1) is 0 Å². The number of anilines is 1. The van der Waals surface area contributed by atoms with Gasteiger partial charge in [-0.05, 0) is 31.5 Å². The van der Waals surface area contributed by atoms with Crippen LogP contribution in [0, 0.1) is 0 Å². The van der Waals surface area contributed by atoms with Crippen LogP contribution in [-0.2, 0) is 15.7 Å². The molecule has 0 spiro atoms. The van der Waals surface area contributed by atoms with Crippen LogP contribution in [0.15, 0.2) is 18.2 Å². The van der Waals surface area contributed by atoms with Crippen molar-refractivity contribution in [2.45, 2.75) is 45.3 Å². The lowest BCUT2D eigenvalue weighted by Crippen LogP contribution is -2.44. The summed E-state index contributed by atoms with van der Waals surface area (Å²) in [6, 6.07) is 1.14. The Hall–Kier alpha value is -1.96. The third-order valence-corrected chi connectivity index (χ3v) is 3.49. The van der Waals surface area contributed by atoms with Gasteiger partial charge in [0.05, 0.1) is 17.9 Å². The van der Waals surface area contributed by atoms with Gasteiger partial charge in [0, 0.05) is 5.02 Å². The fraction of sp³-hybridized carbons (Fsp3) is 0.500. The quantitative estimate of drug-likeness (QED) is 0.679. The van der Waals surface area contributed by atoms with Crippen LogP contribution in [0.25, 0.3) is 0 Å². The van der Waals surface area contributed by atoms with Crippen LogP contribution in [0.4, 0.5) is 23.7 Å². The Labute approximate surface area is 148 Å². The van der Waals surface area contributed by atoms with Gasteiger partial charge < -0.3 is 15.4 Å². The molecular weight excluding hydrogens is 361 g/mol. The molecule has 0 radical (unpaired) electrons. The number of ether oxygens (including phenoxy) is 1. The van der Waals surface area contributed by atoms with Gasteiger partial charge in [0.1, 0.15) is 6.04 Å². The summed E-state index contributed by atoms with van der Waals surface area (Å²) in [5.41, 5.74) is -1.52. The Bertz CT molecular complexity index is 609. The molecule has 1 rings (SSSR count). The van der Waals surface area contributed by atoms with Gasteiger partial charge in [0.25, 0.3) is 0 Å². The third-order valence-electron chi connectivity index (χ3n) is 3.26. The summed E-state index contributed by atoms with van der Waals surface area (Å²) in [6.45, 7) is 3.67. The fourth-order valence-electron chi connectivity index (χ4n) is 2.08. The number of unbranched alkanes of at least 4 members (excludes halogenated alkanes) is 1. The van der Waals surface area contributed by atoms with Gasteiger partial charge in [-0.2, -0.15) is 13.2 Å². The molecule has 1 atom stereocenters. The van der Waals surface area contributed by atoms with Crippen LogP contribution >= 0.6 is 11.6 Å². The maximum Gasteiger partial charge on any atom is 0.418 e. The molecule has 1 aromatic rings. The summed E-state index contributed by atoms with van der Waals surface area (Å²) in [5.74, 6) is -0.627. The number of halogens is 4. The molecule has 0 aliphatic rings. The largest absolute Gasteiger partial charge is 0.464 e. The van der Waals surface area contributed by atoms with Crippen LogP contribution in [0.1, 0.15) is 38.7 Å². The van der Waals surface area contributed by atoms with Crippen LogP contribution in [0.2, 0.25) is 5.02 Å². The molecule has 2 N–H and O–H groups in total. The maximum atomic E-state index is 13.0. The van der Waals surface area contributed by atoms with Crippen molar-refractivity contribution in [1.82, 2.24) is 5.32 Å². The molecule has 0 bridgehead atoms. The monoisotopic (exact) mass is 380 g/mol. The van der Waals surface area contributed by atoms with Gasteiger partial charge in [-0.1, -0.05) is 31.4 Å². The van der Waals surface area contributed by atoms with Crippen molar-refractivity contribution in [2.24, 2.45) is 0 Å². The van der Waals surface area contributed by atoms with Gasteiger partial charge in [-0.25, -0.2) is 9.59 Å². The Morgan fingerprint density at radius 2 is 1.96 bits per heavy atom. The second-order valence-electron chi connectivity index (χ2n) is 5.23. The number of alkyl halides is 3. The number of nitrogens with one attached hydrogen (secondary N) is 2. The highest BCUT2D eigenvalue weighted by Crippen LogP contribution is 2.36. The molecule has 0 fully saturated rings. The van der Waals surface area contributed by atoms with Gasteiger partial charge in [-0.3, -0.25) is 0 Å². The average Bonchev–Trinajstić information content (AvgIpc) is 2.52. The van der Waals surface area contributed by atoms with Crippen LogP contribution in [0.5, 0.6) is 0 Å². The number of hydrogen-bond acceptors (Lipinski definition) is 3. The van der Waals surface area contributed by atoms with E-state index >= 15 is 0 Å². The Balaban J connectivity index is 2.88. The maximum absolute atomic E-state index is 13.0. The normalized spacial score (nSPS) is 12.4. The number of amides is 2. The summed E-state index contributed by atoms with van der Waals surface area (Å²) >= 11 is 5.59. The minimum absolute atomic E-state index is 0.106.